The van der Waals surface area contributed by atoms with Crippen LogP contribution in [0.5, 0.6) is 0 Å². The zero-order chi connectivity index (χ0) is 11.0. The van der Waals surface area contributed by atoms with Crippen LogP contribution in [0.25, 0.3) is 0 Å². The average molecular weight is 208 g/mol. The summed E-state index contributed by atoms with van der Waals surface area (Å²) in [5, 5.41) is 8.51. The van der Waals surface area contributed by atoms with Gasteiger partial charge in [0.2, 0.25) is 0 Å². The fraction of sp³-hybridized carbons (Fsp3) is 0.714. The van der Waals surface area contributed by atoms with Gasteiger partial charge >= 0.3 is 12.0 Å². The van der Waals surface area contributed by atoms with E-state index in [9.17, 15) is 18.1 Å². The summed E-state index contributed by atoms with van der Waals surface area (Å²) >= 11 is 0. The molecule has 4 nitrogen and oxygen atoms in total. The van der Waals surface area contributed by atoms with E-state index in [0.29, 0.717) is 4.90 Å². The van der Waals surface area contributed by atoms with Gasteiger partial charge in [-0.1, -0.05) is 0 Å². The highest BCUT2D eigenvalue weighted by atomic mass is 19.3. The highest BCUT2D eigenvalue weighted by Crippen LogP contribution is 2.37. The van der Waals surface area contributed by atoms with Gasteiger partial charge in [0, 0.05) is 17.6 Å². The third-order valence-electron chi connectivity index (χ3n) is 2.06. The first kappa shape index (κ1) is 10.8. The monoisotopic (exact) mass is 208 g/mol. The summed E-state index contributed by atoms with van der Waals surface area (Å²) in [5.41, 5.74) is -0.903. The van der Waals surface area contributed by atoms with Gasteiger partial charge < -0.3 is 0 Å². The molecule has 0 aromatic heterocycles. The summed E-state index contributed by atoms with van der Waals surface area (Å²) < 4.78 is 36.9. The first-order valence-electron chi connectivity index (χ1n) is 3.73. The second-order valence-corrected chi connectivity index (χ2v) is 3.43. The van der Waals surface area contributed by atoms with Crippen LogP contribution in [0.4, 0.5) is 13.3 Å². The smallest absolute Gasteiger partial charge is 0.246 e. The minimum absolute atomic E-state index is 0.286. The molecule has 7 heteroatoms. The molecule has 0 spiro atoms. The molecule has 1 heterocycles. The largest absolute Gasteiger partial charge is 0.434 e. The fourth-order valence-corrected chi connectivity index (χ4v) is 1.24. The van der Waals surface area contributed by atoms with Gasteiger partial charge in [0.1, 0.15) is 0 Å². The summed E-state index contributed by atoms with van der Waals surface area (Å²) in [6.45, 7) is 0.900. The lowest BCUT2D eigenvalue weighted by molar-refractivity contribution is -0.252. The Morgan fingerprint density at radius 1 is 1.64 bits per heavy atom. The predicted octanol–water partition coefficient (Wildman–Crippen LogP) is 0.852. The van der Waals surface area contributed by atoms with E-state index in [4.69, 9.17) is 5.26 Å². The normalized spacial score (nSPS) is 20.8. The Morgan fingerprint density at radius 2 is 2.14 bits per heavy atom. The van der Waals surface area contributed by atoms with Crippen LogP contribution < -0.4 is 0 Å². The summed E-state index contributed by atoms with van der Waals surface area (Å²) in [6.07, 6.45) is 0. The van der Waals surface area contributed by atoms with Gasteiger partial charge in [0.15, 0.2) is 0 Å². The van der Waals surface area contributed by atoms with Crippen molar-refractivity contribution in [3.05, 3.63) is 0 Å². The minimum Gasteiger partial charge on any atom is -0.246 e. The molecule has 0 N–H and O–H groups in total. The topological polar surface area (TPSA) is 53.3 Å². The van der Waals surface area contributed by atoms with Gasteiger partial charge in [-0.25, -0.2) is 14.6 Å². The third kappa shape index (κ3) is 1.53. The molecule has 78 valence electrons. The highest BCUT2D eigenvalue weighted by Gasteiger charge is 2.57. The Balaban J connectivity index is 2.63. The molecular formula is C7H7F3N2O2. The number of rotatable bonds is 2. The number of hydrogen-bond donors (Lipinski definition) is 0. The molecule has 0 amide bonds. The van der Waals surface area contributed by atoms with Crippen molar-refractivity contribution in [2.45, 2.75) is 13.0 Å². The zero-order valence-corrected chi connectivity index (χ0v) is 7.26. The number of halogens is 3. The Kier molecular flexibility index (Phi) is 2.41. The second-order valence-electron chi connectivity index (χ2n) is 3.43. The Labute approximate surface area is 77.7 Å². The van der Waals surface area contributed by atoms with Crippen LogP contribution in [0.15, 0.2) is 0 Å². The fourth-order valence-electron chi connectivity index (χ4n) is 1.24. The van der Waals surface area contributed by atoms with E-state index in [-0.39, 0.29) is 13.1 Å². The van der Waals surface area contributed by atoms with Crippen LogP contribution in [-0.2, 0) is 9.74 Å². The summed E-state index contributed by atoms with van der Waals surface area (Å²) in [7, 11) is 0. The maximum atomic E-state index is 12.8. The quantitative estimate of drug-likeness (QED) is 0.631. The first-order valence-corrected chi connectivity index (χ1v) is 3.73. The number of carbonyl (C=O) groups is 1. The molecule has 1 aliphatic rings. The SMILES string of the molecule is CC1(C#N)CN(C(F)(F)C(=O)OF)C1. The Bertz CT molecular complexity index is 294. The molecule has 0 aromatic carbocycles. The van der Waals surface area contributed by atoms with Crippen LogP contribution in [0, 0.1) is 16.7 Å². The molecule has 1 fully saturated rings. The molecule has 0 radical (unpaired) electrons. The first-order chi connectivity index (χ1) is 6.35. The van der Waals surface area contributed by atoms with E-state index >= 15 is 0 Å². The standard InChI is InChI=1S/C7H7F3N2O2/c1-6(2-11)3-12(4-6)7(8,9)5(13)14-10/h3-4H2,1H3. The second kappa shape index (κ2) is 3.13. The maximum absolute atomic E-state index is 12.8. The summed E-state index contributed by atoms with van der Waals surface area (Å²) in [6, 6.07) is -2.18. The van der Waals surface area contributed by atoms with Crippen LogP contribution in [0.3, 0.4) is 0 Å². The van der Waals surface area contributed by atoms with Crippen molar-refractivity contribution >= 4 is 5.97 Å². The number of nitriles is 1. The van der Waals surface area contributed by atoms with E-state index in [1.165, 1.54) is 6.92 Å². The summed E-state index contributed by atoms with van der Waals surface area (Å²) in [4.78, 5) is 13.1. The van der Waals surface area contributed by atoms with E-state index in [0.717, 1.165) is 0 Å². The van der Waals surface area contributed by atoms with Crippen molar-refractivity contribution in [2.75, 3.05) is 13.1 Å². The number of alkyl halides is 2. The van der Waals surface area contributed by atoms with Gasteiger partial charge in [-0.2, -0.15) is 14.0 Å². The molecular weight excluding hydrogens is 201 g/mol. The molecule has 14 heavy (non-hydrogen) atoms. The number of hydrogen-bond acceptors (Lipinski definition) is 4. The molecule has 1 rings (SSSR count). The molecule has 0 aliphatic carbocycles. The van der Waals surface area contributed by atoms with Crippen LogP contribution >= 0.6 is 0 Å². The van der Waals surface area contributed by atoms with Gasteiger partial charge in [0.05, 0.1) is 11.5 Å². The van der Waals surface area contributed by atoms with E-state index in [1.54, 1.807) is 0 Å². The van der Waals surface area contributed by atoms with E-state index < -0.39 is 17.4 Å². The van der Waals surface area contributed by atoms with Crippen molar-refractivity contribution in [1.82, 2.24) is 4.90 Å². The third-order valence-corrected chi connectivity index (χ3v) is 2.06. The molecule has 0 saturated carbocycles. The van der Waals surface area contributed by atoms with Gasteiger partial charge in [-0.3, -0.25) is 0 Å². The molecule has 0 atom stereocenters. The molecule has 1 saturated heterocycles. The Hall–Kier alpha value is -1.29. The maximum Gasteiger partial charge on any atom is 0.434 e. The lowest BCUT2D eigenvalue weighted by atomic mass is 9.83. The van der Waals surface area contributed by atoms with Crippen molar-refractivity contribution in [1.29, 1.82) is 5.26 Å². The number of carbonyl (C=O) groups excluding carboxylic acids is 1. The van der Waals surface area contributed by atoms with E-state index in [2.05, 4.69) is 4.94 Å². The predicted molar refractivity (Wildman–Crippen MR) is 37.4 cm³/mol. The zero-order valence-electron chi connectivity index (χ0n) is 7.26. The molecule has 1 aliphatic heterocycles. The average Bonchev–Trinajstić information content (AvgIpc) is 2.11. The van der Waals surface area contributed by atoms with Crippen molar-refractivity contribution < 1.29 is 23.0 Å². The minimum atomic E-state index is -3.99. The number of nitrogens with zero attached hydrogens (tertiary/aromatic N) is 2. The Morgan fingerprint density at radius 3 is 2.50 bits per heavy atom. The lowest BCUT2D eigenvalue weighted by Gasteiger charge is -2.45. The molecule has 0 aromatic rings. The van der Waals surface area contributed by atoms with Gasteiger partial charge in [-0.15, -0.1) is 0 Å². The summed E-state index contributed by atoms with van der Waals surface area (Å²) in [5.74, 6) is -2.25. The van der Waals surface area contributed by atoms with Gasteiger partial charge in [0.25, 0.3) is 0 Å². The van der Waals surface area contributed by atoms with Crippen molar-refractivity contribution in [2.24, 2.45) is 5.41 Å². The van der Waals surface area contributed by atoms with Crippen LogP contribution in [0.2, 0.25) is 0 Å². The van der Waals surface area contributed by atoms with Crippen LogP contribution in [0.1, 0.15) is 6.92 Å². The molecule has 0 bridgehead atoms. The lowest BCUT2D eigenvalue weighted by Crippen LogP contribution is -2.63. The van der Waals surface area contributed by atoms with Gasteiger partial charge in [-0.05, 0) is 6.92 Å². The van der Waals surface area contributed by atoms with E-state index in [1.807, 2.05) is 6.07 Å². The molecule has 0 unspecified atom stereocenters. The van der Waals surface area contributed by atoms with Crippen LogP contribution in [-0.4, -0.2) is 30.0 Å². The van der Waals surface area contributed by atoms with Crippen molar-refractivity contribution in [3.63, 3.8) is 0 Å². The number of likely N-dealkylation sites (tertiary alicyclic amines) is 1. The highest BCUT2D eigenvalue weighted by molar-refractivity contribution is 5.76. The van der Waals surface area contributed by atoms with Crippen molar-refractivity contribution in [3.8, 4) is 6.07 Å².